The summed E-state index contributed by atoms with van der Waals surface area (Å²) in [5.41, 5.74) is 0.349. The van der Waals surface area contributed by atoms with Gasteiger partial charge >= 0.3 is 5.97 Å². The van der Waals surface area contributed by atoms with Crippen molar-refractivity contribution in [2.75, 3.05) is 14.2 Å². The van der Waals surface area contributed by atoms with Gasteiger partial charge in [0.2, 0.25) is 0 Å². The van der Waals surface area contributed by atoms with Gasteiger partial charge in [-0.05, 0) is 22.0 Å². The molecule has 0 aliphatic heterocycles. The van der Waals surface area contributed by atoms with Crippen LogP contribution >= 0.6 is 15.9 Å². The molecule has 0 bridgehead atoms. The van der Waals surface area contributed by atoms with Crippen LogP contribution in [0.2, 0.25) is 0 Å². The predicted molar refractivity (Wildman–Crippen MR) is 49.8 cm³/mol. The van der Waals surface area contributed by atoms with E-state index < -0.39 is 5.97 Å². The summed E-state index contributed by atoms with van der Waals surface area (Å²) in [7, 11) is 2.82. The van der Waals surface area contributed by atoms with Crippen LogP contribution in [0.5, 0.6) is 5.75 Å². The van der Waals surface area contributed by atoms with E-state index in [4.69, 9.17) is 4.74 Å². The van der Waals surface area contributed by atoms with Crippen molar-refractivity contribution in [3.05, 3.63) is 22.4 Å². The number of methoxy groups -OCH3 is 2. The van der Waals surface area contributed by atoms with Crippen LogP contribution < -0.4 is 4.74 Å². The molecule has 1 aromatic heterocycles. The molecule has 13 heavy (non-hydrogen) atoms. The van der Waals surface area contributed by atoms with Crippen LogP contribution in [0.3, 0.4) is 0 Å². The lowest BCUT2D eigenvalue weighted by molar-refractivity contribution is 0.0598. The van der Waals surface area contributed by atoms with Crippen LogP contribution in [-0.2, 0) is 4.74 Å². The molecular weight excluding hydrogens is 238 g/mol. The fourth-order valence-electron chi connectivity index (χ4n) is 0.794. The molecule has 0 N–H and O–H groups in total. The summed E-state index contributed by atoms with van der Waals surface area (Å²) in [5.74, 6) is 0.0712. The van der Waals surface area contributed by atoms with E-state index in [9.17, 15) is 4.79 Å². The molecule has 0 aliphatic rings. The highest BCUT2D eigenvalue weighted by Crippen LogP contribution is 2.19. The zero-order valence-corrected chi connectivity index (χ0v) is 8.79. The molecule has 0 saturated carbocycles. The van der Waals surface area contributed by atoms with Gasteiger partial charge in [-0.2, -0.15) is 0 Å². The van der Waals surface area contributed by atoms with Crippen molar-refractivity contribution in [3.63, 3.8) is 0 Å². The molecule has 70 valence electrons. The second kappa shape index (κ2) is 4.23. The monoisotopic (exact) mass is 245 g/mol. The molecule has 0 unspecified atom stereocenters. The maximum absolute atomic E-state index is 11.2. The van der Waals surface area contributed by atoms with E-state index in [1.54, 1.807) is 6.07 Å². The third-order valence-electron chi connectivity index (χ3n) is 1.45. The van der Waals surface area contributed by atoms with Crippen molar-refractivity contribution in [2.24, 2.45) is 0 Å². The van der Waals surface area contributed by atoms with E-state index in [0.29, 0.717) is 15.9 Å². The summed E-state index contributed by atoms with van der Waals surface area (Å²) in [6.45, 7) is 0. The fourth-order valence-corrected chi connectivity index (χ4v) is 1.17. The molecule has 0 atom stereocenters. The van der Waals surface area contributed by atoms with E-state index in [2.05, 4.69) is 25.7 Å². The molecule has 5 heteroatoms. The highest BCUT2D eigenvalue weighted by atomic mass is 79.9. The summed E-state index contributed by atoms with van der Waals surface area (Å²) in [6.07, 6.45) is 1.51. The van der Waals surface area contributed by atoms with Gasteiger partial charge in [0.1, 0.15) is 10.4 Å². The quantitative estimate of drug-likeness (QED) is 0.587. The van der Waals surface area contributed by atoms with Gasteiger partial charge < -0.3 is 9.47 Å². The number of hydrogen-bond donors (Lipinski definition) is 0. The maximum atomic E-state index is 11.2. The molecule has 4 nitrogen and oxygen atoms in total. The van der Waals surface area contributed by atoms with E-state index in [1.807, 2.05) is 0 Å². The van der Waals surface area contributed by atoms with Crippen LogP contribution in [0.25, 0.3) is 0 Å². The number of carbonyl (C=O) groups excluding carboxylic acids is 1. The lowest BCUT2D eigenvalue weighted by Crippen LogP contribution is -2.03. The van der Waals surface area contributed by atoms with Crippen molar-refractivity contribution in [1.29, 1.82) is 0 Å². The summed E-state index contributed by atoms with van der Waals surface area (Å²) in [5, 5.41) is 0. The van der Waals surface area contributed by atoms with Crippen molar-refractivity contribution < 1.29 is 14.3 Å². The topological polar surface area (TPSA) is 48.4 Å². The second-order valence-corrected chi connectivity index (χ2v) is 2.96. The maximum Gasteiger partial charge on any atom is 0.340 e. The molecule has 0 radical (unpaired) electrons. The SMILES string of the molecule is COC(=O)c1cc(OC)cnc1Br. The van der Waals surface area contributed by atoms with Gasteiger partial charge in [0.05, 0.1) is 26.0 Å². The van der Waals surface area contributed by atoms with E-state index >= 15 is 0 Å². The first-order valence-corrected chi connectivity index (χ1v) is 4.26. The van der Waals surface area contributed by atoms with Gasteiger partial charge in [-0.1, -0.05) is 0 Å². The zero-order chi connectivity index (χ0) is 9.84. The van der Waals surface area contributed by atoms with Gasteiger partial charge in [-0.15, -0.1) is 0 Å². The summed E-state index contributed by atoms with van der Waals surface area (Å²) in [4.78, 5) is 15.1. The third-order valence-corrected chi connectivity index (χ3v) is 2.09. The van der Waals surface area contributed by atoms with E-state index in [0.717, 1.165) is 0 Å². The van der Waals surface area contributed by atoms with E-state index in [-0.39, 0.29) is 0 Å². The smallest absolute Gasteiger partial charge is 0.340 e. The lowest BCUT2D eigenvalue weighted by atomic mass is 10.3. The zero-order valence-electron chi connectivity index (χ0n) is 7.20. The van der Waals surface area contributed by atoms with Crippen molar-refractivity contribution in [3.8, 4) is 5.75 Å². The normalized spacial score (nSPS) is 9.46. The molecule has 0 saturated heterocycles. The lowest BCUT2D eigenvalue weighted by Gasteiger charge is -2.03. The molecule has 1 rings (SSSR count). The summed E-state index contributed by atoms with van der Waals surface area (Å²) < 4.78 is 9.91. The number of carbonyl (C=O) groups is 1. The number of hydrogen-bond acceptors (Lipinski definition) is 4. The predicted octanol–water partition coefficient (Wildman–Crippen LogP) is 1.64. The molecular formula is C8H8BrNO3. The Balaban J connectivity index is 3.11. The number of ether oxygens (including phenoxy) is 2. The molecule has 0 aromatic carbocycles. The Labute approximate surface area is 84.0 Å². The van der Waals surface area contributed by atoms with Crippen LogP contribution in [0.1, 0.15) is 10.4 Å². The number of aromatic nitrogens is 1. The highest BCUT2D eigenvalue weighted by Gasteiger charge is 2.12. The molecule has 0 spiro atoms. The molecule has 0 amide bonds. The summed E-state index contributed by atoms with van der Waals surface area (Å²) >= 11 is 3.13. The minimum absolute atomic E-state index is 0.349. The van der Waals surface area contributed by atoms with E-state index in [1.165, 1.54) is 20.4 Å². The Bertz CT molecular complexity index is 327. The van der Waals surface area contributed by atoms with Gasteiger partial charge in [-0.3, -0.25) is 0 Å². The molecule has 0 aliphatic carbocycles. The molecule has 0 fully saturated rings. The van der Waals surface area contributed by atoms with Gasteiger partial charge in [-0.25, -0.2) is 9.78 Å². The van der Waals surface area contributed by atoms with Crippen LogP contribution in [0, 0.1) is 0 Å². The fraction of sp³-hybridized carbons (Fsp3) is 0.250. The van der Waals surface area contributed by atoms with Crippen LogP contribution in [-0.4, -0.2) is 25.2 Å². The van der Waals surface area contributed by atoms with Gasteiger partial charge in [0.25, 0.3) is 0 Å². The first-order chi connectivity index (χ1) is 6.19. The average Bonchev–Trinajstić information content (AvgIpc) is 2.17. The Morgan fingerprint density at radius 3 is 2.77 bits per heavy atom. The van der Waals surface area contributed by atoms with Crippen molar-refractivity contribution in [2.45, 2.75) is 0 Å². The standard InChI is InChI=1S/C8H8BrNO3/c1-12-5-3-6(8(11)13-2)7(9)10-4-5/h3-4H,1-2H3. The summed E-state index contributed by atoms with van der Waals surface area (Å²) in [6, 6.07) is 1.56. The third kappa shape index (κ3) is 2.18. The molecule has 1 aromatic rings. The molecule has 1 heterocycles. The number of rotatable bonds is 2. The largest absolute Gasteiger partial charge is 0.495 e. The highest BCUT2D eigenvalue weighted by molar-refractivity contribution is 9.10. The number of pyridine rings is 1. The van der Waals surface area contributed by atoms with Crippen LogP contribution in [0.15, 0.2) is 16.9 Å². The van der Waals surface area contributed by atoms with Gasteiger partial charge in [0.15, 0.2) is 0 Å². The Morgan fingerprint density at radius 2 is 2.23 bits per heavy atom. The Hall–Kier alpha value is -1.10. The number of halogens is 1. The van der Waals surface area contributed by atoms with Crippen LogP contribution in [0.4, 0.5) is 0 Å². The first kappa shape index (κ1) is 9.98. The average molecular weight is 246 g/mol. The van der Waals surface area contributed by atoms with Crippen molar-refractivity contribution >= 4 is 21.9 Å². The first-order valence-electron chi connectivity index (χ1n) is 3.47. The Kier molecular flexibility index (Phi) is 3.25. The minimum atomic E-state index is -0.446. The van der Waals surface area contributed by atoms with Crippen molar-refractivity contribution in [1.82, 2.24) is 4.98 Å². The number of nitrogens with zero attached hydrogens (tertiary/aromatic N) is 1. The Morgan fingerprint density at radius 1 is 1.54 bits per heavy atom. The number of esters is 1. The second-order valence-electron chi connectivity index (χ2n) is 2.21. The van der Waals surface area contributed by atoms with Gasteiger partial charge in [0, 0.05) is 0 Å². The minimum Gasteiger partial charge on any atom is -0.495 e.